The Morgan fingerprint density at radius 3 is 2.58 bits per heavy atom. The van der Waals surface area contributed by atoms with Crippen molar-refractivity contribution in [3.05, 3.63) is 12.2 Å². The van der Waals surface area contributed by atoms with Crippen molar-refractivity contribution in [2.75, 3.05) is 33.2 Å². The van der Waals surface area contributed by atoms with Crippen molar-refractivity contribution in [1.29, 1.82) is 0 Å². The summed E-state index contributed by atoms with van der Waals surface area (Å²) in [4.78, 5) is 6.85. The van der Waals surface area contributed by atoms with E-state index in [1.165, 1.54) is 25.9 Å². The van der Waals surface area contributed by atoms with E-state index in [2.05, 4.69) is 39.6 Å². The fourth-order valence-corrected chi connectivity index (χ4v) is 2.74. The van der Waals surface area contributed by atoms with Crippen LogP contribution < -0.4 is 10.6 Å². The van der Waals surface area contributed by atoms with Crippen LogP contribution in [-0.4, -0.2) is 50.1 Å². The van der Waals surface area contributed by atoms with E-state index in [0.29, 0.717) is 6.04 Å². The highest BCUT2D eigenvalue weighted by Gasteiger charge is 2.15. The number of hydrogen-bond acceptors (Lipinski definition) is 2. The lowest BCUT2D eigenvalue weighted by Crippen LogP contribution is -2.45. The molecule has 0 bridgehead atoms. The van der Waals surface area contributed by atoms with Crippen molar-refractivity contribution in [1.82, 2.24) is 15.5 Å². The summed E-state index contributed by atoms with van der Waals surface area (Å²) < 4.78 is 0. The fraction of sp³-hybridized carbons (Fsp3) is 0.800. The van der Waals surface area contributed by atoms with Gasteiger partial charge in [-0.3, -0.25) is 4.99 Å². The number of rotatable bonds is 4. The number of nitrogens with zero attached hydrogens (tertiary/aromatic N) is 2. The largest absolute Gasteiger partial charge is 0.355 e. The van der Waals surface area contributed by atoms with Crippen molar-refractivity contribution < 1.29 is 0 Å². The molecule has 108 valence electrons. The highest BCUT2D eigenvalue weighted by atomic mass is 15.2. The Balaban J connectivity index is 1.60. The van der Waals surface area contributed by atoms with Gasteiger partial charge in [-0.15, -0.1) is 0 Å². The van der Waals surface area contributed by atoms with E-state index >= 15 is 0 Å². The van der Waals surface area contributed by atoms with Gasteiger partial charge in [-0.05, 0) is 44.7 Å². The van der Waals surface area contributed by atoms with Gasteiger partial charge in [0.05, 0.1) is 0 Å². The van der Waals surface area contributed by atoms with E-state index in [0.717, 1.165) is 37.8 Å². The van der Waals surface area contributed by atoms with Gasteiger partial charge in [0.25, 0.3) is 0 Å². The minimum Gasteiger partial charge on any atom is -0.355 e. The Kier molecular flexibility index (Phi) is 5.70. The van der Waals surface area contributed by atoms with Crippen LogP contribution in [-0.2, 0) is 0 Å². The normalized spacial score (nSPS) is 22.9. The number of nitrogens with one attached hydrogen (secondary N) is 2. The molecule has 1 heterocycles. The molecule has 1 aliphatic carbocycles. The molecule has 0 aromatic rings. The van der Waals surface area contributed by atoms with Crippen LogP contribution in [0, 0.1) is 5.92 Å². The summed E-state index contributed by atoms with van der Waals surface area (Å²) in [5, 5.41) is 6.89. The molecule has 4 heteroatoms. The zero-order valence-corrected chi connectivity index (χ0v) is 12.4. The maximum atomic E-state index is 4.29. The molecule has 19 heavy (non-hydrogen) atoms. The van der Waals surface area contributed by atoms with Gasteiger partial charge >= 0.3 is 0 Å². The topological polar surface area (TPSA) is 39.7 Å². The lowest BCUT2D eigenvalue weighted by Gasteiger charge is -2.30. The second-order valence-corrected chi connectivity index (χ2v) is 5.81. The van der Waals surface area contributed by atoms with Crippen molar-refractivity contribution in [3.63, 3.8) is 0 Å². The van der Waals surface area contributed by atoms with Gasteiger partial charge in [-0.2, -0.15) is 0 Å². The Hall–Kier alpha value is -1.03. The van der Waals surface area contributed by atoms with Crippen molar-refractivity contribution in [2.45, 2.75) is 38.6 Å². The molecule has 2 N–H and O–H groups in total. The first-order valence-electron chi connectivity index (χ1n) is 7.62. The van der Waals surface area contributed by atoms with Crippen LogP contribution in [0.15, 0.2) is 17.1 Å². The number of piperidine rings is 1. The van der Waals surface area contributed by atoms with Gasteiger partial charge < -0.3 is 15.5 Å². The van der Waals surface area contributed by atoms with E-state index in [-0.39, 0.29) is 0 Å². The summed E-state index contributed by atoms with van der Waals surface area (Å²) >= 11 is 0. The standard InChI is InChI=1S/C15H28N4/c1-13-7-10-19(11-8-13)12-9-17-15(16-2)18-14-5-3-4-6-14/h3-4,13-14H,5-12H2,1-2H3,(H2,16,17,18). The fourth-order valence-electron chi connectivity index (χ4n) is 2.74. The third-order valence-electron chi connectivity index (χ3n) is 4.17. The van der Waals surface area contributed by atoms with Gasteiger partial charge in [0.15, 0.2) is 5.96 Å². The number of hydrogen-bond donors (Lipinski definition) is 2. The van der Waals surface area contributed by atoms with Crippen molar-refractivity contribution >= 4 is 5.96 Å². The molecule has 2 rings (SSSR count). The molecule has 0 atom stereocenters. The molecule has 0 unspecified atom stereocenters. The van der Waals surface area contributed by atoms with Crippen LogP contribution in [0.25, 0.3) is 0 Å². The van der Waals surface area contributed by atoms with Gasteiger partial charge in [-0.1, -0.05) is 19.1 Å². The zero-order chi connectivity index (χ0) is 13.5. The second kappa shape index (κ2) is 7.53. The maximum Gasteiger partial charge on any atom is 0.191 e. The third kappa shape index (κ3) is 4.86. The molecule has 2 aliphatic rings. The highest BCUT2D eigenvalue weighted by Crippen LogP contribution is 2.15. The summed E-state index contributed by atoms with van der Waals surface area (Å²) in [6, 6.07) is 0.530. The lowest BCUT2D eigenvalue weighted by molar-refractivity contribution is 0.195. The molecule has 0 amide bonds. The molecule has 1 fully saturated rings. The molecule has 0 spiro atoms. The average Bonchev–Trinajstić information content (AvgIpc) is 2.93. The number of aliphatic imine (C=N–C) groups is 1. The van der Waals surface area contributed by atoms with E-state index in [1.807, 2.05) is 7.05 Å². The number of guanidine groups is 1. The molecular formula is C15H28N4. The highest BCUT2D eigenvalue weighted by molar-refractivity contribution is 5.80. The predicted molar refractivity (Wildman–Crippen MR) is 81.5 cm³/mol. The van der Waals surface area contributed by atoms with Crippen molar-refractivity contribution in [2.24, 2.45) is 10.9 Å². The van der Waals surface area contributed by atoms with Crippen molar-refractivity contribution in [3.8, 4) is 0 Å². The maximum absolute atomic E-state index is 4.29. The van der Waals surface area contributed by atoms with Crippen LogP contribution in [0.5, 0.6) is 0 Å². The molecular weight excluding hydrogens is 236 g/mol. The SMILES string of the molecule is CN=C(NCCN1CCC(C)CC1)NC1CC=CC1. The van der Waals surface area contributed by atoms with Gasteiger partial charge in [-0.25, -0.2) is 0 Å². The lowest BCUT2D eigenvalue weighted by atomic mass is 9.99. The summed E-state index contributed by atoms with van der Waals surface area (Å²) in [5.41, 5.74) is 0. The molecule has 0 aromatic carbocycles. The predicted octanol–water partition coefficient (Wildman–Crippen LogP) is 1.60. The zero-order valence-electron chi connectivity index (χ0n) is 12.4. The molecule has 0 radical (unpaired) electrons. The number of likely N-dealkylation sites (tertiary alicyclic amines) is 1. The first kappa shape index (κ1) is 14.4. The summed E-state index contributed by atoms with van der Waals surface area (Å²) in [7, 11) is 1.85. The molecule has 0 aromatic heterocycles. The van der Waals surface area contributed by atoms with Crippen LogP contribution in [0.4, 0.5) is 0 Å². The van der Waals surface area contributed by atoms with Gasteiger partial charge in [0.1, 0.15) is 0 Å². The minimum absolute atomic E-state index is 0.530. The quantitative estimate of drug-likeness (QED) is 0.460. The monoisotopic (exact) mass is 264 g/mol. The minimum atomic E-state index is 0.530. The molecule has 0 saturated carbocycles. The third-order valence-corrected chi connectivity index (χ3v) is 4.17. The smallest absolute Gasteiger partial charge is 0.191 e. The van der Waals surface area contributed by atoms with Gasteiger partial charge in [0, 0.05) is 26.2 Å². The van der Waals surface area contributed by atoms with E-state index in [4.69, 9.17) is 0 Å². The molecule has 1 aliphatic heterocycles. The van der Waals surface area contributed by atoms with E-state index in [1.54, 1.807) is 0 Å². The first-order valence-corrected chi connectivity index (χ1v) is 7.62. The molecule has 4 nitrogen and oxygen atoms in total. The average molecular weight is 264 g/mol. The van der Waals surface area contributed by atoms with Crippen LogP contribution in [0.1, 0.15) is 32.6 Å². The van der Waals surface area contributed by atoms with E-state index in [9.17, 15) is 0 Å². The first-order chi connectivity index (χ1) is 9.28. The van der Waals surface area contributed by atoms with Crippen LogP contribution in [0.3, 0.4) is 0 Å². The Labute approximate surface area is 117 Å². The Bertz CT molecular complexity index is 308. The summed E-state index contributed by atoms with van der Waals surface area (Å²) in [6.45, 7) is 6.96. The summed E-state index contributed by atoms with van der Waals surface area (Å²) in [6.07, 6.45) is 9.40. The van der Waals surface area contributed by atoms with Crippen LogP contribution >= 0.6 is 0 Å². The Morgan fingerprint density at radius 1 is 1.26 bits per heavy atom. The molecule has 1 saturated heterocycles. The van der Waals surface area contributed by atoms with Gasteiger partial charge in [0.2, 0.25) is 0 Å². The second-order valence-electron chi connectivity index (χ2n) is 5.81. The van der Waals surface area contributed by atoms with Crippen LogP contribution in [0.2, 0.25) is 0 Å². The Morgan fingerprint density at radius 2 is 1.95 bits per heavy atom. The summed E-state index contributed by atoms with van der Waals surface area (Å²) in [5.74, 6) is 1.85. The van der Waals surface area contributed by atoms with E-state index < -0.39 is 0 Å².